The summed E-state index contributed by atoms with van der Waals surface area (Å²) in [5.41, 5.74) is 0. The maximum absolute atomic E-state index is 4.38. The first-order valence-corrected chi connectivity index (χ1v) is 8.29. The van der Waals surface area contributed by atoms with Gasteiger partial charge in [0.05, 0.1) is 5.33 Å². The lowest BCUT2D eigenvalue weighted by atomic mass is 10.0. The van der Waals surface area contributed by atoms with Gasteiger partial charge in [0.25, 0.3) is 0 Å². The Balaban J connectivity index is 1.99. The number of hydrogen-bond donors (Lipinski definition) is 0. The van der Waals surface area contributed by atoms with E-state index >= 15 is 0 Å². The van der Waals surface area contributed by atoms with Crippen molar-refractivity contribution < 1.29 is 0 Å². The summed E-state index contributed by atoms with van der Waals surface area (Å²) < 4.78 is 2.31. The van der Waals surface area contributed by atoms with E-state index in [0.29, 0.717) is 5.92 Å². The van der Waals surface area contributed by atoms with Gasteiger partial charge in [0.2, 0.25) is 0 Å². The Morgan fingerprint density at radius 3 is 2.50 bits per heavy atom. The fourth-order valence-corrected chi connectivity index (χ4v) is 3.28. The number of rotatable bonds is 6. The highest BCUT2D eigenvalue weighted by atomic mass is 79.9. The maximum atomic E-state index is 4.38. The number of hydrogen-bond acceptors (Lipinski definition) is 2. The van der Waals surface area contributed by atoms with Gasteiger partial charge in [-0.05, 0) is 18.3 Å². The molecule has 1 aromatic heterocycles. The van der Waals surface area contributed by atoms with Crippen LogP contribution < -0.4 is 0 Å². The summed E-state index contributed by atoms with van der Waals surface area (Å²) in [6.07, 6.45) is 8.08. The lowest BCUT2D eigenvalue weighted by molar-refractivity contribution is 0.463. The van der Waals surface area contributed by atoms with Crippen LogP contribution in [0.5, 0.6) is 0 Å². The molecule has 0 aromatic carbocycles. The molecule has 102 valence electrons. The molecule has 4 heteroatoms. The van der Waals surface area contributed by atoms with Crippen molar-refractivity contribution in [1.82, 2.24) is 14.8 Å². The summed E-state index contributed by atoms with van der Waals surface area (Å²) in [5.74, 6) is 3.83. The van der Waals surface area contributed by atoms with Crippen LogP contribution in [0.15, 0.2) is 0 Å². The van der Waals surface area contributed by atoms with Gasteiger partial charge >= 0.3 is 0 Å². The minimum Gasteiger partial charge on any atom is -0.314 e. The summed E-state index contributed by atoms with van der Waals surface area (Å²) in [4.78, 5) is 0. The van der Waals surface area contributed by atoms with E-state index in [-0.39, 0.29) is 0 Å². The quantitative estimate of drug-likeness (QED) is 0.744. The molecule has 18 heavy (non-hydrogen) atoms. The lowest BCUT2D eigenvalue weighted by Crippen LogP contribution is -2.12. The zero-order valence-corrected chi connectivity index (χ0v) is 13.1. The fraction of sp³-hybridized carbons (Fsp3) is 0.857. The summed E-state index contributed by atoms with van der Waals surface area (Å²) in [7, 11) is 0. The number of alkyl halides is 1. The lowest BCUT2D eigenvalue weighted by Gasteiger charge is -2.13. The Labute approximate surface area is 118 Å². The molecule has 0 bridgehead atoms. The highest BCUT2D eigenvalue weighted by Crippen LogP contribution is 2.28. The summed E-state index contributed by atoms with van der Waals surface area (Å²) in [5, 5.41) is 9.48. The predicted molar refractivity (Wildman–Crippen MR) is 77.8 cm³/mol. The third-order valence-electron chi connectivity index (χ3n) is 3.82. The van der Waals surface area contributed by atoms with Crippen molar-refractivity contribution >= 4 is 15.9 Å². The van der Waals surface area contributed by atoms with Crippen LogP contribution in [0.25, 0.3) is 0 Å². The second-order valence-corrected chi connectivity index (χ2v) is 6.42. The minimum atomic E-state index is 0.643. The molecule has 0 radical (unpaired) electrons. The van der Waals surface area contributed by atoms with Crippen LogP contribution in [-0.2, 0) is 18.3 Å². The Hall–Kier alpha value is -0.380. The molecule has 3 nitrogen and oxygen atoms in total. The second-order valence-electron chi connectivity index (χ2n) is 5.86. The second kappa shape index (κ2) is 6.69. The van der Waals surface area contributed by atoms with Crippen molar-refractivity contribution in [2.24, 2.45) is 11.8 Å². The molecular formula is C14H24BrN3. The fourth-order valence-electron chi connectivity index (χ4n) is 2.86. The van der Waals surface area contributed by atoms with Gasteiger partial charge in [0, 0.05) is 13.0 Å². The molecule has 0 spiro atoms. The first-order chi connectivity index (χ1) is 8.70. The predicted octanol–water partition coefficient (Wildman–Crippen LogP) is 3.95. The summed E-state index contributed by atoms with van der Waals surface area (Å²) in [6, 6.07) is 0. The number of halogens is 1. The van der Waals surface area contributed by atoms with E-state index in [4.69, 9.17) is 0 Å². The molecule has 0 amide bonds. The first-order valence-electron chi connectivity index (χ1n) is 7.17. The van der Waals surface area contributed by atoms with E-state index in [1.54, 1.807) is 0 Å². The van der Waals surface area contributed by atoms with E-state index in [2.05, 4.69) is 44.5 Å². The zero-order chi connectivity index (χ0) is 13.0. The van der Waals surface area contributed by atoms with Crippen LogP contribution in [0.1, 0.15) is 57.6 Å². The first kappa shape index (κ1) is 14.0. The Kier molecular flexibility index (Phi) is 5.22. The largest absolute Gasteiger partial charge is 0.314 e. The SMILES string of the molecule is CC(C)Cn1c(CBr)nnc1CCC1CCCC1. The van der Waals surface area contributed by atoms with Crippen molar-refractivity contribution in [3.05, 3.63) is 11.6 Å². The average Bonchev–Trinajstić information content (AvgIpc) is 2.95. The Morgan fingerprint density at radius 1 is 1.22 bits per heavy atom. The van der Waals surface area contributed by atoms with Gasteiger partial charge in [-0.1, -0.05) is 55.5 Å². The monoisotopic (exact) mass is 313 g/mol. The van der Waals surface area contributed by atoms with E-state index in [1.165, 1.54) is 37.9 Å². The zero-order valence-electron chi connectivity index (χ0n) is 11.5. The van der Waals surface area contributed by atoms with Crippen LogP contribution >= 0.6 is 15.9 Å². The molecule has 0 aliphatic heterocycles. The van der Waals surface area contributed by atoms with Crippen molar-refractivity contribution in [3.63, 3.8) is 0 Å². The number of nitrogens with zero attached hydrogens (tertiary/aromatic N) is 3. The normalized spacial score (nSPS) is 16.9. The molecule has 1 aliphatic rings. The van der Waals surface area contributed by atoms with Crippen molar-refractivity contribution in [2.45, 2.75) is 64.2 Å². The van der Waals surface area contributed by atoms with E-state index in [9.17, 15) is 0 Å². The van der Waals surface area contributed by atoms with Gasteiger partial charge in [-0.2, -0.15) is 0 Å². The number of aryl methyl sites for hydroxylation is 1. The highest BCUT2D eigenvalue weighted by Gasteiger charge is 2.17. The van der Waals surface area contributed by atoms with Gasteiger partial charge in [-0.15, -0.1) is 10.2 Å². The molecule has 2 rings (SSSR count). The molecular weight excluding hydrogens is 290 g/mol. The van der Waals surface area contributed by atoms with Crippen molar-refractivity contribution in [2.75, 3.05) is 0 Å². The van der Waals surface area contributed by atoms with Crippen LogP contribution in [0.3, 0.4) is 0 Å². The van der Waals surface area contributed by atoms with Crippen molar-refractivity contribution in [1.29, 1.82) is 0 Å². The van der Waals surface area contributed by atoms with E-state index in [0.717, 1.165) is 30.0 Å². The van der Waals surface area contributed by atoms with E-state index < -0.39 is 0 Å². The molecule has 0 saturated heterocycles. The molecule has 0 atom stereocenters. The van der Waals surface area contributed by atoms with Crippen LogP contribution in [0.2, 0.25) is 0 Å². The van der Waals surface area contributed by atoms with Gasteiger partial charge in [-0.25, -0.2) is 0 Å². The van der Waals surface area contributed by atoms with Gasteiger partial charge in [0.15, 0.2) is 0 Å². The molecule has 1 saturated carbocycles. The number of aromatic nitrogens is 3. The summed E-state index contributed by atoms with van der Waals surface area (Å²) >= 11 is 3.51. The molecule has 1 aromatic rings. The Bertz CT molecular complexity index is 367. The summed E-state index contributed by atoms with van der Waals surface area (Å²) in [6.45, 7) is 5.53. The Morgan fingerprint density at radius 2 is 1.89 bits per heavy atom. The van der Waals surface area contributed by atoms with E-state index in [1.807, 2.05) is 0 Å². The van der Waals surface area contributed by atoms with Gasteiger partial charge in [0.1, 0.15) is 11.6 Å². The topological polar surface area (TPSA) is 30.7 Å². The third kappa shape index (κ3) is 3.56. The molecule has 0 unspecified atom stereocenters. The smallest absolute Gasteiger partial charge is 0.143 e. The molecule has 1 fully saturated rings. The van der Waals surface area contributed by atoms with Crippen molar-refractivity contribution in [3.8, 4) is 0 Å². The van der Waals surface area contributed by atoms with Gasteiger partial charge in [-0.3, -0.25) is 0 Å². The molecule has 1 heterocycles. The molecule has 1 aliphatic carbocycles. The average molecular weight is 314 g/mol. The minimum absolute atomic E-state index is 0.643. The van der Waals surface area contributed by atoms with Crippen LogP contribution in [-0.4, -0.2) is 14.8 Å². The third-order valence-corrected chi connectivity index (χ3v) is 4.32. The van der Waals surface area contributed by atoms with Crippen LogP contribution in [0, 0.1) is 11.8 Å². The standard InChI is InChI=1S/C14H24BrN3/c1-11(2)10-18-13(16-17-14(18)9-15)8-7-12-5-3-4-6-12/h11-12H,3-10H2,1-2H3. The van der Waals surface area contributed by atoms with Crippen LogP contribution in [0.4, 0.5) is 0 Å². The molecule has 0 N–H and O–H groups in total. The highest BCUT2D eigenvalue weighted by molar-refractivity contribution is 9.08. The maximum Gasteiger partial charge on any atom is 0.143 e. The van der Waals surface area contributed by atoms with Gasteiger partial charge < -0.3 is 4.57 Å².